The molecule has 0 radical (unpaired) electrons. The summed E-state index contributed by atoms with van der Waals surface area (Å²) in [5.41, 5.74) is 1.29. The molecule has 0 bridgehead atoms. The third-order valence-electron chi connectivity index (χ3n) is 4.01. The number of rotatable bonds is 7. The normalized spacial score (nSPS) is 12.1. The van der Waals surface area contributed by atoms with E-state index in [0.717, 1.165) is 36.5 Å². The molecule has 25 heavy (non-hydrogen) atoms. The van der Waals surface area contributed by atoms with Crippen molar-refractivity contribution in [3.63, 3.8) is 0 Å². The summed E-state index contributed by atoms with van der Waals surface area (Å²) in [6.45, 7) is 3.66. The molecule has 132 valence electrons. The highest BCUT2D eigenvalue weighted by molar-refractivity contribution is 5.92. The van der Waals surface area contributed by atoms with Crippen LogP contribution in [0.25, 0.3) is 0 Å². The van der Waals surface area contributed by atoms with Crippen molar-refractivity contribution in [2.24, 2.45) is 0 Å². The van der Waals surface area contributed by atoms with Crippen LogP contribution in [0.15, 0.2) is 30.6 Å². The van der Waals surface area contributed by atoms with Gasteiger partial charge in [-0.1, -0.05) is 19.4 Å². The van der Waals surface area contributed by atoms with Crippen molar-refractivity contribution in [3.8, 4) is 11.5 Å². The topological polar surface area (TPSA) is 76.6 Å². The average Bonchev–Trinajstić information content (AvgIpc) is 3.12. The van der Waals surface area contributed by atoms with Crippen LogP contribution in [-0.2, 0) is 6.54 Å². The fourth-order valence-electron chi connectivity index (χ4n) is 2.51. The molecule has 7 heteroatoms. The van der Waals surface area contributed by atoms with Crippen molar-refractivity contribution < 1.29 is 14.3 Å². The van der Waals surface area contributed by atoms with Gasteiger partial charge in [-0.3, -0.25) is 4.79 Å². The number of carbonyl (C=O) groups is 1. The molecule has 0 spiro atoms. The molecule has 1 aliphatic rings. The first kappa shape index (κ1) is 17.0. The smallest absolute Gasteiger partial charge is 0.270 e. The Bertz CT molecular complexity index is 751. The minimum absolute atomic E-state index is 0.231. The van der Waals surface area contributed by atoms with Crippen LogP contribution in [0.4, 0.5) is 5.82 Å². The summed E-state index contributed by atoms with van der Waals surface area (Å²) in [6.07, 6.45) is 3.61. The zero-order valence-corrected chi connectivity index (χ0v) is 14.5. The van der Waals surface area contributed by atoms with E-state index < -0.39 is 0 Å². The molecule has 0 aliphatic carbocycles. The summed E-state index contributed by atoms with van der Waals surface area (Å²) >= 11 is 0. The van der Waals surface area contributed by atoms with Crippen molar-refractivity contribution in [2.75, 3.05) is 25.3 Å². The first-order valence-electron chi connectivity index (χ1n) is 8.37. The van der Waals surface area contributed by atoms with Gasteiger partial charge in [0.05, 0.1) is 0 Å². The van der Waals surface area contributed by atoms with E-state index in [-0.39, 0.29) is 12.7 Å². The number of benzene rings is 1. The Morgan fingerprint density at radius 3 is 2.92 bits per heavy atom. The molecule has 7 nitrogen and oxygen atoms in total. The number of unbranched alkanes of at least 4 members (excludes halogenated alkanes) is 1. The summed E-state index contributed by atoms with van der Waals surface area (Å²) in [5.74, 6) is 1.95. The number of fused-ring (bicyclic) bond motifs is 1. The SMILES string of the molecule is CCCCN(C)c1cc(C(=O)NCc2ccc3c(c2)OCO3)ncn1. The first-order valence-corrected chi connectivity index (χ1v) is 8.37. The van der Waals surface area contributed by atoms with Crippen molar-refractivity contribution in [2.45, 2.75) is 26.3 Å². The molecule has 1 N–H and O–H groups in total. The fraction of sp³-hybridized carbons (Fsp3) is 0.389. The van der Waals surface area contributed by atoms with Gasteiger partial charge in [0.2, 0.25) is 6.79 Å². The third-order valence-corrected chi connectivity index (χ3v) is 4.01. The van der Waals surface area contributed by atoms with Crippen LogP contribution >= 0.6 is 0 Å². The van der Waals surface area contributed by atoms with Crippen LogP contribution in [0, 0.1) is 0 Å². The lowest BCUT2D eigenvalue weighted by molar-refractivity contribution is 0.0945. The van der Waals surface area contributed by atoms with E-state index in [4.69, 9.17) is 9.47 Å². The average molecular weight is 342 g/mol. The number of nitrogens with zero attached hydrogens (tertiary/aromatic N) is 3. The van der Waals surface area contributed by atoms with E-state index in [2.05, 4.69) is 22.2 Å². The molecule has 2 heterocycles. The van der Waals surface area contributed by atoms with Crippen molar-refractivity contribution >= 4 is 11.7 Å². The maximum absolute atomic E-state index is 12.4. The monoisotopic (exact) mass is 342 g/mol. The van der Waals surface area contributed by atoms with E-state index in [0.29, 0.717) is 18.0 Å². The van der Waals surface area contributed by atoms with Gasteiger partial charge in [0.25, 0.3) is 5.91 Å². The Kier molecular flexibility index (Phi) is 5.33. The van der Waals surface area contributed by atoms with Gasteiger partial charge in [0.1, 0.15) is 17.8 Å². The lowest BCUT2D eigenvalue weighted by Crippen LogP contribution is -2.25. The Balaban J connectivity index is 1.61. The van der Waals surface area contributed by atoms with Gasteiger partial charge in [-0.2, -0.15) is 0 Å². The summed E-state index contributed by atoms with van der Waals surface area (Å²) < 4.78 is 10.6. The maximum atomic E-state index is 12.4. The lowest BCUT2D eigenvalue weighted by atomic mass is 10.2. The van der Waals surface area contributed by atoms with E-state index >= 15 is 0 Å². The van der Waals surface area contributed by atoms with E-state index in [1.165, 1.54) is 6.33 Å². The molecular weight excluding hydrogens is 320 g/mol. The largest absolute Gasteiger partial charge is 0.454 e. The minimum atomic E-state index is -0.231. The summed E-state index contributed by atoms with van der Waals surface area (Å²) in [7, 11) is 1.96. The van der Waals surface area contributed by atoms with Gasteiger partial charge in [0.15, 0.2) is 11.5 Å². The van der Waals surface area contributed by atoms with Crippen LogP contribution in [0.1, 0.15) is 35.8 Å². The molecule has 1 aromatic heterocycles. The molecule has 2 aromatic rings. The van der Waals surface area contributed by atoms with Crippen molar-refractivity contribution in [1.29, 1.82) is 0 Å². The van der Waals surface area contributed by atoms with Crippen LogP contribution in [-0.4, -0.2) is 36.3 Å². The standard InChI is InChI=1S/C18H22N4O3/c1-3-4-7-22(2)17-9-14(20-11-21-17)18(23)19-10-13-5-6-15-16(8-13)25-12-24-15/h5-6,8-9,11H,3-4,7,10,12H2,1-2H3,(H,19,23). The molecule has 0 saturated carbocycles. The number of nitrogens with one attached hydrogen (secondary N) is 1. The zero-order valence-electron chi connectivity index (χ0n) is 14.5. The summed E-state index contributed by atoms with van der Waals surface area (Å²) in [4.78, 5) is 22.7. The molecule has 0 unspecified atom stereocenters. The highest BCUT2D eigenvalue weighted by Gasteiger charge is 2.14. The summed E-state index contributed by atoms with van der Waals surface area (Å²) in [5, 5.41) is 2.87. The number of ether oxygens (including phenoxy) is 2. The molecule has 1 aliphatic heterocycles. The predicted molar refractivity (Wildman–Crippen MR) is 93.9 cm³/mol. The molecule has 0 fully saturated rings. The van der Waals surface area contributed by atoms with Gasteiger partial charge in [0, 0.05) is 26.2 Å². The Morgan fingerprint density at radius 1 is 1.24 bits per heavy atom. The number of aromatic nitrogens is 2. The Hall–Kier alpha value is -2.83. The second-order valence-corrected chi connectivity index (χ2v) is 5.91. The first-order chi connectivity index (χ1) is 12.2. The highest BCUT2D eigenvalue weighted by atomic mass is 16.7. The number of hydrogen-bond donors (Lipinski definition) is 1. The van der Waals surface area contributed by atoms with E-state index in [1.807, 2.05) is 30.1 Å². The molecule has 1 amide bonds. The number of hydrogen-bond acceptors (Lipinski definition) is 6. The molecule has 1 aromatic carbocycles. The fourth-order valence-corrected chi connectivity index (χ4v) is 2.51. The van der Waals surface area contributed by atoms with Crippen LogP contribution in [0.5, 0.6) is 11.5 Å². The quantitative estimate of drug-likeness (QED) is 0.832. The second-order valence-electron chi connectivity index (χ2n) is 5.91. The lowest BCUT2D eigenvalue weighted by Gasteiger charge is -2.17. The van der Waals surface area contributed by atoms with Gasteiger partial charge < -0.3 is 19.7 Å². The van der Waals surface area contributed by atoms with Gasteiger partial charge in [-0.15, -0.1) is 0 Å². The van der Waals surface area contributed by atoms with Crippen molar-refractivity contribution in [3.05, 3.63) is 41.9 Å². The van der Waals surface area contributed by atoms with Crippen LogP contribution in [0.2, 0.25) is 0 Å². The number of anilines is 1. The Labute approximate surface area is 147 Å². The van der Waals surface area contributed by atoms with Gasteiger partial charge in [-0.25, -0.2) is 9.97 Å². The maximum Gasteiger partial charge on any atom is 0.270 e. The third kappa shape index (κ3) is 4.17. The van der Waals surface area contributed by atoms with E-state index in [1.54, 1.807) is 6.07 Å². The molecule has 3 rings (SSSR count). The second kappa shape index (κ2) is 7.83. The zero-order chi connectivity index (χ0) is 17.6. The van der Waals surface area contributed by atoms with Gasteiger partial charge in [-0.05, 0) is 24.1 Å². The Morgan fingerprint density at radius 2 is 2.08 bits per heavy atom. The van der Waals surface area contributed by atoms with Crippen molar-refractivity contribution in [1.82, 2.24) is 15.3 Å². The van der Waals surface area contributed by atoms with E-state index in [9.17, 15) is 4.79 Å². The number of carbonyl (C=O) groups excluding carboxylic acids is 1. The molecule has 0 atom stereocenters. The van der Waals surface area contributed by atoms with Gasteiger partial charge >= 0.3 is 0 Å². The minimum Gasteiger partial charge on any atom is -0.454 e. The highest BCUT2D eigenvalue weighted by Crippen LogP contribution is 2.32. The summed E-state index contributed by atoms with van der Waals surface area (Å²) in [6, 6.07) is 7.32. The number of amides is 1. The molecule has 0 saturated heterocycles. The van der Waals surface area contributed by atoms with Crippen LogP contribution < -0.4 is 19.7 Å². The molecular formula is C18H22N4O3. The van der Waals surface area contributed by atoms with Crippen LogP contribution in [0.3, 0.4) is 0 Å². The predicted octanol–water partition coefficient (Wildman–Crippen LogP) is 2.37.